The Kier molecular flexibility index (Phi) is 7.70. The molecule has 0 saturated heterocycles. The van der Waals surface area contributed by atoms with E-state index in [4.69, 9.17) is 19.9 Å². The van der Waals surface area contributed by atoms with Crippen molar-refractivity contribution in [1.29, 1.82) is 0 Å². The van der Waals surface area contributed by atoms with Crippen molar-refractivity contribution in [2.75, 3.05) is 25.6 Å². The predicted molar refractivity (Wildman–Crippen MR) is 123 cm³/mol. The predicted octanol–water partition coefficient (Wildman–Crippen LogP) is 4.43. The quantitative estimate of drug-likeness (QED) is 0.105. The van der Waals surface area contributed by atoms with Gasteiger partial charge in [-0.05, 0) is 56.2 Å². The second-order valence-electron chi connectivity index (χ2n) is 7.05. The molecule has 0 spiro atoms. The number of ether oxygens (including phenoxy) is 3. The van der Waals surface area contributed by atoms with Gasteiger partial charge < -0.3 is 30.0 Å². The highest BCUT2D eigenvalue weighted by molar-refractivity contribution is 6.01. The third kappa shape index (κ3) is 5.65. The highest BCUT2D eigenvalue weighted by Gasteiger charge is 2.14. The molecule has 3 rings (SSSR count). The number of allylic oxidation sites excluding steroid dienone is 2. The monoisotopic (exact) mass is 424 g/mol. The van der Waals surface area contributed by atoms with Gasteiger partial charge in [0.1, 0.15) is 11.5 Å². The number of para-hydroxylation sites is 1. The lowest BCUT2D eigenvalue weighted by atomic mass is 10.1. The van der Waals surface area contributed by atoms with Crippen LogP contribution in [0.3, 0.4) is 0 Å². The average molecular weight is 424 g/mol. The number of hydrogen-bond acceptors (Lipinski definition) is 6. The molecule has 7 heteroatoms. The second-order valence-corrected chi connectivity index (χ2v) is 7.05. The zero-order valence-electron chi connectivity index (χ0n) is 17.6. The lowest BCUT2D eigenvalue weighted by Gasteiger charge is -2.17. The minimum Gasteiger partial charge on any atom is -0.508 e. The van der Waals surface area contributed by atoms with Gasteiger partial charge in [0.2, 0.25) is 0 Å². The van der Waals surface area contributed by atoms with Crippen LogP contribution in [-0.2, 0) is 9.47 Å². The Morgan fingerprint density at radius 3 is 2.84 bits per heavy atom. The molecule has 31 heavy (non-hydrogen) atoms. The van der Waals surface area contributed by atoms with Crippen LogP contribution in [0, 0.1) is 0 Å². The number of aromatic amines is 1. The summed E-state index contributed by atoms with van der Waals surface area (Å²) in [5.41, 5.74) is 7.60. The first-order chi connectivity index (χ1) is 15.0. The molecule has 3 aromatic rings. The van der Waals surface area contributed by atoms with Crippen LogP contribution in [0.1, 0.15) is 19.8 Å². The van der Waals surface area contributed by atoms with E-state index < -0.39 is 6.29 Å². The normalized spacial score (nSPS) is 12.9. The summed E-state index contributed by atoms with van der Waals surface area (Å²) in [5, 5.41) is 10.3. The third-order valence-corrected chi connectivity index (χ3v) is 4.79. The number of pyridine rings is 1. The Bertz CT molecular complexity index is 1140. The molecule has 1 atom stereocenters. The summed E-state index contributed by atoms with van der Waals surface area (Å²) in [6.07, 6.45) is 4.07. The molecule has 1 aromatic heterocycles. The minimum atomic E-state index is -0.544. The molecule has 4 N–H and O–H groups in total. The summed E-state index contributed by atoms with van der Waals surface area (Å²) >= 11 is 0. The zero-order chi connectivity index (χ0) is 22.2. The highest BCUT2D eigenvalue weighted by atomic mass is 16.7. The number of fused-ring (bicyclic) bond motifs is 2. The van der Waals surface area contributed by atoms with Crippen LogP contribution in [0.5, 0.6) is 5.75 Å². The molecule has 164 valence electrons. The molecular formula is C24H28N2O5. The number of aliphatic hydroxyl groups excluding tert-OH is 1. The highest BCUT2D eigenvalue weighted by Crippen LogP contribution is 2.29. The van der Waals surface area contributed by atoms with Crippen LogP contribution in [0.15, 0.2) is 65.7 Å². The molecule has 0 aliphatic carbocycles. The first-order valence-electron chi connectivity index (χ1n) is 10.2. The first-order valence-corrected chi connectivity index (χ1v) is 10.2. The molecule has 1 unspecified atom stereocenters. The molecule has 0 bridgehead atoms. The van der Waals surface area contributed by atoms with Gasteiger partial charge in [0.25, 0.3) is 0 Å². The van der Waals surface area contributed by atoms with Crippen LogP contribution >= 0.6 is 0 Å². The second kappa shape index (κ2) is 10.7. The fraction of sp³-hybridized carbons (Fsp3) is 0.292. The number of aromatic nitrogens is 1. The van der Waals surface area contributed by atoms with Crippen LogP contribution in [0.25, 0.3) is 21.8 Å². The maximum atomic E-state index is 12.9. The Labute approximate surface area is 180 Å². The number of rotatable bonds is 11. The van der Waals surface area contributed by atoms with Crippen molar-refractivity contribution in [3.05, 3.63) is 71.1 Å². The number of hydrogen-bond donors (Lipinski definition) is 3. The van der Waals surface area contributed by atoms with E-state index in [-0.39, 0.29) is 11.2 Å². The number of unbranched alkanes of at least 4 members (excludes halogenated alkanes) is 1. The summed E-state index contributed by atoms with van der Waals surface area (Å²) in [5.74, 6) is 0.674. The van der Waals surface area contributed by atoms with Gasteiger partial charge in [-0.15, -0.1) is 0 Å². The van der Waals surface area contributed by atoms with Gasteiger partial charge in [0.15, 0.2) is 11.7 Å². The van der Waals surface area contributed by atoms with E-state index in [1.54, 1.807) is 31.2 Å². The lowest BCUT2D eigenvalue weighted by molar-refractivity contribution is -0.0828. The Morgan fingerprint density at radius 2 is 2.03 bits per heavy atom. The number of benzene rings is 2. The molecular weight excluding hydrogens is 396 g/mol. The van der Waals surface area contributed by atoms with Crippen molar-refractivity contribution >= 4 is 27.5 Å². The summed E-state index contributed by atoms with van der Waals surface area (Å²) in [7, 11) is 0. The summed E-state index contributed by atoms with van der Waals surface area (Å²) in [6, 6.07) is 10.7. The van der Waals surface area contributed by atoms with Crippen LogP contribution < -0.4 is 15.9 Å². The van der Waals surface area contributed by atoms with Gasteiger partial charge in [-0.1, -0.05) is 18.7 Å². The summed E-state index contributed by atoms with van der Waals surface area (Å²) < 4.78 is 17.1. The molecule has 2 aromatic carbocycles. The number of nitrogen functional groups attached to an aromatic ring is 1. The Morgan fingerprint density at radius 1 is 1.23 bits per heavy atom. The number of aliphatic hydroxyl groups is 1. The van der Waals surface area contributed by atoms with Crippen molar-refractivity contribution in [3.8, 4) is 5.75 Å². The third-order valence-electron chi connectivity index (χ3n) is 4.79. The molecule has 0 radical (unpaired) electrons. The van der Waals surface area contributed by atoms with Crippen LogP contribution in [0.2, 0.25) is 0 Å². The van der Waals surface area contributed by atoms with E-state index in [2.05, 4.69) is 11.6 Å². The van der Waals surface area contributed by atoms with Gasteiger partial charge in [0.05, 0.1) is 24.1 Å². The van der Waals surface area contributed by atoms with E-state index >= 15 is 0 Å². The Balaban J connectivity index is 1.57. The number of H-pyrrole nitrogens is 1. The maximum Gasteiger partial charge on any atom is 0.199 e. The summed E-state index contributed by atoms with van der Waals surface area (Å²) in [6.45, 7) is 6.62. The van der Waals surface area contributed by atoms with Crippen LogP contribution in [-0.4, -0.2) is 36.2 Å². The largest absolute Gasteiger partial charge is 0.508 e. The minimum absolute atomic E-state index is 0.134. The van der Waals surface area contributed by atoms with Gasteiger partial charge in [-0.25, -0.2) is 0 Å². The molecule has 0 aliphatic rings. The molecule has 1 heterocycles. The van der Waals surface area contributed by atoms with Crippen molar-refractivity contribution in [2.45, 2.75) is 26.1 Å². The van der Waals surface area contributed by atoms with Crippen LogP contribution in [0.4, 0.5) is 5.69 Å². The van der Waals surface area contributed by atoms with E-state index in [1.165, 1.54) is 6.08 Å². The fourth-order valence-electron chi connectivity index (χ4n) is 3.23. The van der Waals surface area contributed by atoms with Gasteiger partial charge in [-0.2, -0.15) is 0 Å². The van der Waals surface area contributed by atoms with E-state index in [0.29, 0.717) is 53.1 Å². The molecule has 0 aliphatic heterocycles. The fourth-order valence-corrected chi connectivity index (χ4v) is 3.23. The van der Waals surface area contributed by atoms with Gasteiger partial charge in [-0.3, -0.25) is 4.79 Å². The summed E-state index contributed by atoms with van der Waals surface area (Å²) in [4.78, 5) is 16.2. The van der Waals surface area contributed by atoms with Gasteiger partial charge >= 0.3 is 0 Å². The van der Waals surface area contributed by atoms with Crippen molar-refractivity contribution < 1.29 is 19.3 Å². The van der Waals surface area contributed by atoms with Crippen molar-refractivity contribution in [3.63, 3.8) is 0 Å². The Hall–Kier alpha value is -3.29. The SMILES string of the molecule is C=C/C(O)=C/CCCOCCOC(C)Oc1ccc(N)c2c(=O)c3ccccc3[nH]c12. The van der Waals surface area contributed by atoms with E-state index in [1.807, 2.05) is 18.2 Å². The van der Waals surface area contributed by atoms with Gasteiger partial charge in [0, 0.05) is 23.2 Å². The number of nitrogens with two attached hydrogens (primary N) is 1. The smallest absolute Gasteiger partial charge is 0.199 e. The topological polar surface area (TPSA) is 107 Å². The molecule has 0 amide bonds. The van der Waals surface area contributed by atoms with Crippen molar-refractivity contribution in [2.24, 2.45) is 0 Å². The maximum absolute atomic E-state index is 12.9. The number of anilines is 1. The average Bonchev–Trinajstić information content (AvgIpc) is 2.77. The first kappa shape index (κ1) is 22.4. The number of nitrogens with one attached hydrogen (secondary N) is 1. The molecule has 7 nitrogen and oxygen atoms in total. The van der Waals surface area contributed by atoms with E-state index in [9.17, 15) is 9.90 Å². The zero-order valence-corrected chi connectivity index (χ0v) is 17.6. The van der Waals surface area contributed by atoms with Crippen molar-refractivity contribution in [1.82, 2.24) is 4.98 Å². The standard InChI is InChI=1S/C24H28N2O5/c1-3-17(27)8-6-7-13-29-14-15-30-16(2)31-21-12-11-19(25)22-23(21)26-20-10-5-4-9-18(20)24(22)28/h3-5,8-12,16,27H,1,6-7,13-15,25H2,2H3,(H,26,28)/b17-8-. The molecule has 0 fully saturated rings. The lowest BCUT2D eigenvalue weighted by Crippen LogP contribution is -2.20. The van der Waals surface area contributed by atoms with E-state index in [0.717, 1.165) is 12.8 Å². The molecule has 0 saturated carbocycles.